The Kier molecular flexibility index (Phi) is 6.66. The van der Waals surface area contributed by atoms with Crippen LogP contribution in [0.4, 0.5) is 19.0 Å². The molecule has 0 bridgehead atoms. The van der Waals surface area contributed by atoms with Crippen molar-refractivity contribution < 1.29 is 32.2 Å². The minimum Gasteiger partial charge on any atom is -0.479 e. The molecule has 8 nitrogen and oxygen atoms in total. The first kappa shape index (κ1) is 23.0. The molecule has 0 radical (unpaired) electrons. The predicted octanol–water partition coefficient (Wildman–Crippen LogP) is 3.90. The van der Waals surface area contributed by atoms with Gasteiger partial charge >= 0.3 is 12.1 Å². The summed E-state index contributed by atoms with van der Waals surface area (Å²) in [5.41, 5.74) is 0.533. The number of fused-ring (bicyclic) bond motifs is 1. The van der Waals surface area contributed by atoms with Crippen molar-refractivity contribution in [3.05, 3.63) is 47.3 Å². The van der Waals surface area contributed by atoms with Crippen LogP contribution < -0.4 is 10.1 Å². The molecule has 32 heavy (non-hydrogen) atoms. The summed E-state index contributed by atoms with van der Waals surface area (Å²) in [5, 5.41) is 2.64. The highest BCUT2D eigenvalue weighted by Gasteiger charge is 2.33. The fourth-order valence-electron chi connectivity index (χ4n) is 3.05. The molecule has 0 saturated carbocycles. The molecule has 0 spiro atoms. The number of rotatable bonds is 7. The molecule has 0 saturated heterocycles. The molecule has 3 aromatic rings. The Morgan fingerprint density at radius 1 is 1.12 bits per heavy atom. The molecule has 1 aromatic carbocycles. The Morgan fingerprint density at radius 2 is 1.81 bits per heavy atom. The van der Waals surface area contributed by atoms with Crippen LogP contribution in [0.1, 0.15) is 40.4 Å². The summed E-state index contributed by atoms with van der Waals surface area (Å²) in [5.74, 6) is -1.69. The summed E-state index contributed by atoms with van der Waals surface area (Å²) >= 11 is 0. The monoisotopic (exact) mass is 450 g/mol. The molecule has 2 aromatic heterocycles. The number of nitrogens with one attached hydrogen (secondary N) is 1. The normalized spacial score (nSPS) is 11.4. The summed E-state index contributed by atoms with van der Waals surface area (Å²) in [7, 11) is 1.45. The number of halogens is 3. The number of carbonyl (C=O) groups excluding carboxylic acids is 2. The molecule has 0 unspecified atom stereocenters. The van der Waals surface area contributed by atoms with Gasteiger partial charge in [-0.2, -0.15) is 13.2 Å². The Bertz CT molecular complexity index is 1140. The molecular weight excluding hydrogens is 429 g/mol. The SMILES string of the molecule is CCOC(=O)c1c(OCC(F)(F)F)c2nc(NC(=O)c3ccccc3)c(CC)nc2n1C. The molecule has 0 aliphatic rings. The first-order valence-corrected chi connectivity index (χ1v) is 9.78. The van der Waals surface area contributed by atoms with Crippen LogP contribution in [0, 0.1) is 0 Å². The van der Waals surface area contributed by atoms with Gasteiger partial charge in [0.05, 0.1) is 12.3 Å². The van der Waals surface area contributed by atoms with Gasteiger partial charge in [-0.15, -0.1) is 0 Å². The Morgan fingerprint density at radius 3 is 2.41 bits per heavy atom. The molecule has 3 rings (SSSR count). The largest absolute Gasteiger partial charge is 0.479 e. The van der Waals surface area contributed by atoms with Crippen LogP contribution in [-0.4, -0.2) is 45.8 Å². The van der Waals surface area contributed by atoms with Crippen molar-refractivity contribution in [2.24, 2.45) is 7.05 Å². The third-order valence-corrected chi connectivity index (χ3v) is 4.48. The number of hydrogen-bond acceptors (Lipinski definition) is 6. The molecule has 1 amide bonds. The average molecular weight is 450 g/mol. The number of benzene rings is 1. The summed E-state index contributed by atoms with van der Waals surface area (Å²) in [6.07, 6.45) is -4.28. The summed E-state index contributed by atoms with van der Waals surface area (Å²) in [6.45, 7) is 1.73. The van der Waals surface area contributed by atoms with Crippen molar-refractivity contribution >= 4 is 28.9 Å². The molecule has 0 atom stereocenters. The molecule has 1 N–H and O–H groups in total. The van der Waals surface area contributed by atoms with E-state index in [4.69, 9.17) is 9.47 Å². The van der Waals surface area contributed by atoms with Crippen molar-refractivity contribution in [3.8, 4) is 5.75 Å². The average Bonchev–Trinajstić information content (AvgIpc) is 3.02. The van der Waals surface area contributed by atoms with Gasteiger partial charge in [0.2, 0.25) is 0 Å². The number of anilines is 1. The van der Waals surface area contributed by atoms with E-state index in [0.717, 1.165) is 0 Å². The van der Waals surface area contributed by atoms with Gasteiger partial charge in [0, 0.05) is 12.6 Å². The maximum Gasteiger partial charge on any atom is 0.422 e. The first-order valence-electron chi connectivity index (χ1n) is 9.78. The second-order valence-electron chi connectivity index (χ2n) is 6.73. The lowest BCUT2D eigenvalue weighted by atomic mass is 10.2. The fourth-order valence-corrected chi connectivity index (χ4v) is 3.05. The highest BCUT2D eigenvalue weighted by atomic mass is 19.4. The molecular formula is C21H21F3N4O4. The van der Waals surface area contributed by atoms with Crippen molar-refractivity contribution in [1.29, 1.82) is 0 Å². The summed E-state index contributed by atoms with van der Waals surface area (Å²) in [4.78, 5) is 33.8. The van der Waals surface area contributed by atoms with Crippen LogP contribution in [0.25, 0.3) is 11.2 Å². The topological polar surface area (TPSA) is 95.3 Å². The molecule has 0 fully saturated rings. The van der Waals surface area contributed by atoms with E-state index >= 15 is 0 Å². The quantitative estimate of drug-likeness (QED) is 0.549. The third kappa shape index (κ3) is 4.82. The minimum absolute atomic E-state index is 0.0124. The third-order valence-electron chi connectivity index (χ3n) is 4.48. The van der Waals surface area contributed by atoms with E-state index < -0.39 is 30.4 Å². The predicted molar refractivity (Wildman–Crippen MR) is 110 cm³/mol. The Labute approximate surface area is 181 Å². The molecule has 0 aliphatic carbocycles. The van der Waals surface area contributed by atoms with Gasteiger partial charge in [-0.3, -0.25) is 4.79 Å². The second kappa shape index (κ2) is 9.25. The Hall–Kier alpha value is -3.63. The maximum atomic E-state index is 12.8. The zero-order valence-corrected chi connectivity index (χ0v) is 17.6. The Balaban J connectivity index is 2.14. The lowest BCUT2D eigenvalue weighted by Crippen LogP contribution is -2.21. The van der Waals surface area contributed by atoms with Gasteiger partial charge in [0.15, 0.2) is 35.0 Å². The lowest BCUT2D eigenvalue weighted by molar-refractivity contribution is -0.153. The van der Waals surface area contributed by atoms with Crippen molar-refractivity contribution in [2.45, 2.75) is 26.4 Å². The first-order chi connectivity index (χ1) is 15.2. The van der Waals surface area contributed by atoms with Gasteiger partial charge < -0.3 is 19.4 Å². The van der Waals surface area contributed by atoms with Gasteiger partial charge in [0.1, 0.15) is 0 Å². The van der Waals surface area contributed by atoms with E-state index in [1.54, 1.807) is 44.2 Å². The number of carbonyl (C=O) groups is 2. The number of aromatic nitrogens is 3. The number of ether oxygens (including phenoxy) is 2. The van der Waals surface area contributed by atoms with Crippen molar-refractivity contribution in [3.63, 3.8) is 0 Å². The number of alkyl halides is 3. The van der Waals surface area contributed by atoms with Crippen molar-refractivity contribution in [2.75, 3.05) is 18.5 Å². The van der Waals surface area contributed by atoms with E-state index in [-0.39, 0.29) is 29.3 Å². The molecule has 0 aliphatic heterocycles. The summed E-state index contributed by atoms with van der Waals surface area (Å²) < 4.78 is 49.7. The molecule has 11 heteroatoms. The van der Waals surface area contributed by atoms with Gasteiger partial charge in [-0.1, -0.05) is 25.1 Å². The number of amides is 1. The molecule has 170 valence electrons. The zero-order chi connectivity index (χ0) is 23.5. The minimum atomic E-state index is -4.64. The summed E-state index contributed by atoms with van der Waals surface area (Å²) in [6, 6.07) is 8.34. The van der Waals surface area contributed by atoms with Crippen LogP contribution in [0.2, 0.25) is 0 Å². The number of aryl methyl sites for hydroxylation is 2. The van der Waals surface area contributed by atoms with E-state index in [0.29, 0.717) is 17.7 Å². The number of nitrogens with zero attached hydrogens (tertiary/aromatic N) is 3. The van der Waals surface area contributed by atoms with Crippen LogP contribution in [-0.2, 0) is 18.2 Å². The zero-order valence-electron chi connectivity index (χ0n) is 17.6. The van der Waals surface area contributed by atoms with Gasteiger partial charge in [0.25, 0.3) is 5.91 Å². The van der Waals surface area contributed by atoms with E-state index in [1.165, 1.54) is 11.6 Å². The van der Waals surface area contributed by atoms with Gasteiger partial charge in [-0.25, -0.2) is 14.8 Å². The molecule has 2 heterocycles. The highest BCUT2D eigenvalue weighted by Crippen LogP contribution is 2.34. The van der Waals surface area contributed by atoms with E-state index in [2.05, 4.69) is 15.3 Å². The highest BCUT2D eigenvalue weighted by molar-refractivity contribution is 6.05. The smallest absolute Gasteiger partial charge is 0.422 e. The van der Waals surface area contributed by atoms with Crippen LogP contribution in [0.3, 0.4) is 0 Å². The van der Waals surface area contributed by atoms with Crippen LogP contribution in [0.15, 0.2) is 30.3 Å². The van der Waals surface area contributed by atoms with E-state index in [9.17, 15) is 22.8 Å². The second-order valence-corrected chi connectivity index (χ2v) is 6.73. The van der Waals surface area contributed by atoms with E-state index in [1.807, 2.05) is 0 Å². The number of hydrogen-bond donors (Lipinski definition) is 1. The number of esters is 1. The van der Waals surface area contributed by atoms with Crippen LogP contribution >= 0.6 is 0 Å². The van der Waals surface area contributed by atoms with Crippen LogP contribution in [0.5, 0.6) is 5.75 Å². The standard InChI is InChI=1S/C21H21F3N4O4/c1-4-13-17(27-19(29)12-9-7-6-8-10-12)26-14-16(32-11-21(22,23)24)15(20(30)31-5-2)28(3)18(14)25-13/h6-10H,4-5,11H2,1-3H3,(H,26,27,29). The maximum absolute atomic E-state index is 12.8. The lowest BCUT2D eigenvalue weighted by Gasteiger charge is -2.11. The van der Waals surface area contributed by atoms with Crippen molar-refractivity contribution in [1.82, 2.24) is 14.5 Å². The fraction of sp³-hybridized carbons (Fsp3) is 0.333. The van der Waals surface area contributed by atoms with Gasteiger partial charge in [-0.05, 0) is 25.5 Å².